The minimum Gasteiger partial charge on any atom is -0.396 e. The summed E-state index contributed by atoms with van der Waals surface area (Å²) in [6, 6.07) is 2.44. The summed E-state index contributed by atoms with van der Waals surface area (Å²) in [5.41, 5.74) is 8.05. The van der Waals surface area contributed by atoms with Crippen LogP contribution in [-0.4, -0.2) is 31.3 Å². The molecular weight excluding hydrogens is 226 g/mol. The van der Waals surface area contributed by atoms with Gasteiger partial charge in [-0.25, -0.2) is 4.98 Å². The van der Waals surface area contributed by atoms with Crippen molar-refractivity contribution in [2.45, 2.75) is 32.7 Å². The third-order valence-corrected chi connectivity index (χ3v) is 3.79. The van der Waals surface area contributed by atoms with E-state index >= 15 is 0 Å². The second-order valence-corrected chi connectivity index (χ2v) is 5.13. The predicted molar refractivity (Wildman–Crippen MR) is 74.8 cm³/mol. The number of nitrogens with zero attached hydrogens (tertiary/aromatic N) is 2. The van der Waals surface area contributed by atoms with E-state index in [1.54, 1.807) is 7.11 Å². The molecule has 1 fully saturated rings. The van der Waals surface area contributed by atoms with Crippen LogP contribution in [0.3, 0.4) is 0 Å². The standard InChI is InChI=1S/C14H23N3O/c1-10-6-7-16-14(13(10)15)17(8-9-18-3)11(2)12-4-5-12/h6-7,11-12H,4-5,8-9,15H2,1-3H3. The highest BCUT2D eigenvalue weighted by atomic mass is 16.5. The zero-order valence-electron chi connectivity index (χ0n) is 11.5. The van der Waals surface area contributed by atoms with Gasteiger partial charge in [0, 0.05) is 25.9 Å². The molecule has 100 valence electrons. The summed E-state index contributed by atoms with van der Waals surface area (Å²) in [6.07, 6.45) is 4.47. The van der Waals surface area contributed by atoms with Crippen molar-refractivity contribution in [2.75, 3.05) is 30.9 Å². The molecule has 1 aromatic rings. The minimum atomic E-state index is 0.483. The summed E-state index contributed by atoms with van der Waals surface area (Å²) in [6.45, 7) is 5.83. The van der Waals surface area contributed by atoms with Gasteiger partial charge >= 0.3 is 0 Å². The van der Waals surface area contributed by atoms with Crippen LogP contribution in [0.5, 0.6) is 0 Å². The fourth-order valence-corrected chi connectivity index (χ4v) is 2.31. The van der Waals surface area contributed by atoms with Gasteiger partial charge in [-0.2, -0.15) is 0 Å². The molecule has 1 heterocycles. The van der Waals surface area contributed by atoms with Gasteiger partial charge in [-0.15, -0.1) is 0 Å². The lowest BCUT2D eigenvalue weighted by Crippen LogP contribution is -2.38. The molecule has 4 heteroatoms. The fourth-order valence-electron chi connectivity index (χ4n) is 2.31. The van der Waals surface area contributed by atoms with Crippen molar-refractivity contribution < 1.29 is 4.74 Å². The predicted octanol–water partition coefficient (Wildman–Crippen LogP) is 2.22. The Morgan fingerprint density at radius 2 is 2.28 bits per heavy atom. The number of hydrogen-bond acceptors (Lipinski definition) is 4. The Morgan fingerprint density at radius 1 is 1.56 bits per heavy atom. The number of aromatic nitrogens is 1. The van der Waals surface area contributed by atoms with Crippen LogP contribution in [0.25, 0.3) is 0 Å². The lowest BCUT2D eigenvalue weighted by atomic mass is 10.1. The minimum absolute atomic E-state index is 0.483. The molecule has 0 radical (unpaired) electrons. The van der Waals surface area contributed by atoms with Crippen molar-refractivity contribution in [2.24, 2.45) is 5.92 Å². The molecule has 0 amide bonds. The van der Waals surface area contributed by atoms with Crippen molar-refractivity contribution in [3.05, 3.63) is 17.8 Å². The van der Waals surface area contributed by atoms with E-state index < -0.39 is 0 Å². The van der Waals surface area contributed by atoms with Gasteiger partial charge in [0.1, 0.15) is 0 Å². The summed E-state index contributed by atoms with van der Waals surface area (Å²) < 4.78 is 5.20. The maximum atomic E-state index is 6.17. The topological polar surface area (TPSA) is 51.4 Å². The molecule has 1 atom stereocenters. The van der Waals surface area contributed by atoms with E-state index in [2.05, 4.69) is 16.8 Å². The molecule has 0 spiro atoms. The summed E-state index contributed by atoms with van der Waals surface area (Å²) in [5.74, 6) is 1.69. The van der Waals surface area contributed by atoms with Gasteiger partial charge in [0.25, 0.3) is 0 Å². The van der Waals surface area contributed by atoms with Gasteiger partial charge in [0.15, 0.2) is 5.82 Å². The molecular formula is C14H23N3O. The van der Waals surface area contributed by atoms with Crippen LogP contribution in [0.1, 0.15) is 25.3 Å². The lowest BCUT2D eigenvalue weighted by Gasteiger charge is -2.31. The first-order chi connectivity index (χ1) is 8.65. The van der Waals surface area contributed by atoms with Crippen molar-refractivity contribution >= 4 is 11.5 Å². The van der Waals surface area contributed by atoms with E-state index in [0.29, 0.717) is 12.6 Å². The summed E-state index contributed by atoms with van der Waals surface area (Å²) in [4.78, 5) is 6.76. The van der Waals surface area contributed by atoms with E-state index in [4.69, 9.17) is 10.5 Å². The first-order valence-electron chi connectivity index (χ1n) is 6.61. The van der Waals surface area contributed by atoms with Crippen molar-refractivity contribution in [1.82, 2.24) is 4.98 Å². The fraction of sp³-hybridized carbons (Fsp3) is 0.643. The average molecular weight is 249 g/mol. The van der Waals surface area contributed by atoms with E-state index in [1.807, 2.05) is 19.2 Å². The highest BCUT2D eigenvalue weighted by Gasteiger charge is 2.33. The molecule has 0 saturated heterocycles. The molecule has 0 aromatic carbocycles. The Morgan fingerprint density at radius 3 is 2.89 bits per heavy atom. The highest BCUT2D eigenvalue weighted by molar-refractivity contribution is 5.66. The molecule has 0 aliphatic heterocycles. The number of nitrogen functional groups attached to an aromatic ring is 1. The van der Waals surface area contributed by atoms with E-state index in [9.17, 15) is 0 Å². The van der Waals surface area contributed by atoms with Gasteiger partial charge < -0.3 is 15.4 Å². The molecule has 2 rings (SSSR count). The summed E-state index contributed by atoms with van der Waals surface area (Å²) in [7, 11) is 1.73. The Kier molecular flexibility index (Phi) is 4.07. The molecule has 0 bridgehead atoms. The number of aryl methyl sites for hydroxylation is 1. The zero-order chi connectivity index (χ0) is 13.1. The van der Waals surface area contributed by atoms with Crippen LogP contribution in [0.15, 0.2) is 12.3 Å². The Labute approximate surface area is 109 Å². The van der Waals surface area contributed by atoms with Crippen LogP contribution >= 0.6 is 0 Å². The Bertz CT molecular complexity index is 404. The van der Waals surface area contributed by atoms with Crippen LogP contribution in [0.4, 0.5) is 11.5 Å². The van der Waals surface area contributed by atoms with Crippen molar-refractivity contribution in [3.8, 4) is 0 Å². The second-order valence-electron chi connectivity index (χ2n) is 5.13. The number of pyridine rings is 1. The third kappa shape index (κ3) is 2.75. The number of rotatable bonds is 6. The Hall–Kier alpha value is -1.29. The second kappa shape index (κ2) is 5.57. The number of nitrogens with two attached hydrogens (primary N) is 1. The number of methoxy groups -OCH3 is 1. The van der Waals surface area contributed by atoms with Crippen LogP contribution in [0.2, 0.25) is 0 Å². The smallest absolute Gasteiger partial charge is 0.152 e. The number of anilines is 2. The van der Waals surface area contributed by atoms with Gasteiger partial charge in [-0.05, 0) is 44.2 Å². The number of ether oxygens (including phenoxy) is 1. The maximum Gasteiger partial charge on any atom is 0.152 e. The van der Waals surface area contributed by atoms with Gasteiger partial charge in [-0.1, -0.05) is 0 Å². The molecule has 1 aliphatic carbocycles. The van der Waals surface area contributed by atoms with E-state index in [-0.39, 0.29) is 0 Å². The normalized spacial score (nSPS) is 16.6. The molecule has 18 heavy (non-hydrogen) atoms. The number of hydrogen-bond donors (Lipinski definition) is 1. The highest BCUT2D eigenvalue weighted by Crippen LogP contribution is 2.37. The van der Waals surface area contributed by atoms with E-state index in [1.165, 1.54) is 12.8 Å². The molecule has 1 unspecified atom stereocenters. The van der Waals surface area contributed by atoms with Crippen LogP contribution < -0.4 is 10.6 Å². The largest absolute Gasteiger partial charge is 0.396 e. The average Bonchev–Trinajstić information content (AvgIpc) is 3.18. The first kappa shape index (κ1) is 13.1. The third-order valence-electron chi connectivity index (χ3n) is 3.79. The van der Waals surface area contributed by atoms with Crippen LogP contribution in [0, 0.1) is 12.8 Å². The zero-order valence-corrected chi connectivity index (χ0v) is 11.5. The van der Waals surface area contributed by atoms with E-state index in [0.717, 1.165) is 29.5 Å². The van der Waals surface area contributed by atoms with Crippen LogP contribution in [-0.2, 0) is 4.74 Å². The molecule has 1 aromatic heterocycles. The SMILES string of the molecule is COCCN(c1nccc(C)c1N)C(C)C1CC1. The van der Waals surface area contributed by atoms with Gasteiger partial charge in [0.2, 0.25) is 0 Å². The first-order valence-corrected chi connectivity index (χ1v) is 6.61. The Balaban J connectivity index is 2.23. The quantitative estimate of drug-likeness (QED) is 0.840. The molecule has 2 N–H and O–H groups in total. The van der Waals surface area contributed by atoms with Crippen molar-refractivity contribution in [3.63, 3.8) is 0 Å². The summed E-state index contributed by atoms with van der Waals surface area (Å²) >= 11 is 0. The van der Waals surface area contributed by atoms with Crippen molar-refractivity contribution in [1.29, 1.82) is 0 Å². The maximum absolute atomic E-state index is 6.17. The lowest BCUT2D eigenvalue weighted by molar-refractivity contribution is 0.202. The molecule has 4 nitrogen and oxygen atoms in total. The molecule has 1 aliphatic rings. The molecule has 1 saturated carbocycles. The summed E-state index contributed by atoms with van der Waals surface area (Å²) in [5, 5.41) is 0. The monoisotopic (exact) mass is 249 g/mol. The van der Waals surface area contributed by atoms with Gasteiger partial charge in [0.05, 0.1) is 12.3 Å². The van der Waals surface area contributed by atoms with Gasteiger partial charge in [-0.3, -0.25) is 0 Å².